The Morgan fingerprint density at radius 3 is 1.98 bits per heavy atom. The number of para-hydroxylation sites is 2. The van der Waals surface area contributed by atoms with E-state index in [1.807, 2.05) is 11.3 Å². The van der Waals surface area contributed by atoms with Crippen LogP contribution in [-0.2, 0) is 0 Å². The Kier molecular flexibility index (Phi) is 5.40. The number of thiophene rings is 1. The molecule has 0 amide bonds. The topological polar surface area (TPSA) is 6.48 Å². The van der Waals surface area contributed by atoms with Crippen molar-refractivity contribution in [2.75, 3.05) is 9.80 Å². The lowest BCUT2D eigenvalue weighted by molar-refractivity contribution is 1.26. The SMILES string of the molecule is c1ccc(N(c2ccc(N3c4ccccc4-c4cccc5cccc3c45)cc2)c2ccc3sc4ccccc4c3c2)cc1. The van der Waals surface area contributed by atoms with Gasteiger partial charge in [0.15, 0.2) is 0 Å². The summed E-state index contributed by atoms with van der Waals surface area (Å²) < 4.78 is 2.63. The molecule has 0 spiro atoms. The Morgan fingerprint density at radius 2 is 1.09 bits per heavy atom. The highest BCUT2D eigenvalue weighted by molar-refractivity contribution is 7.25. The van der Waals surface area contributed by atoms with E-state index in [1.54, 1.807) is 0 Å². The number of rotatable bonds is 4. The summed E-state index contributed by atoms with van der Waals surface area (Å²) in [5.74, 6) is 0. The lowest BCUT2D eigenvalue weighted by atomic mass is 9.91. The van der Waals surface area contributed by atoms with E-state index in [4.69, 9.17) is 0 Å². The van der Waals surface area contributed by atoms with Crippen molar-refractivity contribution in [3.05, 3.63) is 158 Å². The quantitative estimate of drug-likeness (QED) is 0.209. The predicted octanol–water partition coefficient (Wildman–Crippen LogP) is 12.1. The Balaban J connectivity index is 1.19. The van der Waals surface area contributed by atoms with Gasteiger partial charge in [-0.05, 0) is 83.7 Å². The molecule has 0 atom stereocenters. The first-order chi connectivity index (χ1) is 21.3. The van der Waals surface area contributed by atoms with Crippen molar-refractivity contribution < 1.29 is 0 Å². The summed E-state index contributed by atoms with van der Waals surface area (Å²) in [6.45, 7) is 0. The van der Waals surface area contributed by atoms with E-state index in [0.29, 0.717) is 0 Å². The highest BCUT2D eigenvalue weighted by Gasteiger charge is 2.25. The van der Waals surface area contributed by atoms with Gasteiger partial charge in [0.1, 0.15) is 0 Å². The van der Waals surface area contributed by atoms with Gasteiger partial charge in [0.25, 0.3) is 0 Å². The van der Waals surface area contributed by atoms with Crippen LogP contribution in [0.25, 0.3) is 42.1 Å². The van der Waals surface area contributed by atoms with E-state index in [2.05, 4.69) is 168 Å². The van der Waals surface area contributed by atoms with E-state index >= 15 is 0 Å². The van der Waals surface area contributed by atoms with Crippen LogP contribution in [0.15, 0.2) is 158 Å². The fourth-order valence-electron chi connectivity index (χ4n) is 6.66. The Labute approximate surface area is 254 Å². The average Bonchev–Trinajstić information content (AvgIpc) is 3.44. The van der Waals surface area contributed by atoms with Crippen LogP contribution >= 0.6 is 11.3 Å². The van der Waals surface area contributed by atoms with Gasteiger partial charge in [-0.15, -0.1) is 11.3 Å². The van der Waals surface area contributed by atoms with Crippen molar-refractivity contribution >= 4 is 76.4 Å². The summed E-state index contributed by atoms with van der Waals surface area (Å²) in [4.78, 5) is 4.76. The highest BCUT2D eigenvalue weighted by Crippen LogP contribution is 2.51. The maximum absolute atomic E-state index is 2.41. The molecule has 2 heterocycles. The fraction of sp³-hybridized carbons (Fsp3) is 0. The second-order valence-corrected chi connectivity index (χ2v) is 12.1. The summed E-state index contributed by atoms with van der Waals surface area (Å²) in [6, 6.07) is 57.2. The van der Waals surface area contributed by atoms with Crippen LogP contribution in [0.4, 0.5) is 34.1 Å². The predicted molar refractivity (Wildman–Crippen MR) is 185 cm³/mol. The largest absolute Gasteiger partial charge is 0.310 e. The van der Waals surface area contributed by atoms with Crippen LogP contribution in [-0.4, -0.2) is 0 Å². The minimum atomic E-state index is 1.12. The lowest BCUT2D eigenvalue weighted by Crippen LogP contribution is -2.15. The first-order valence-corrected chi connectivity index (χ1v) is 15.4. The summed E-state index contributed by atoms with van der Waals surface area (Å²) in [5.41, 5.74) is 9.53. The van der Waals surface area contributed by atoms with E-state index < -0.39 is 0 Å². The molecule has 0 aliphatic carbocycles. The van der Waals surface area contributed by atoms with Crippen molar-refractivity contribution in [3.8, 4) is 11.1 Å². The molecular formula is C40H26N2S. The molecule has 1 aliphatic rings. The van der Waals surface area contributed by atoms with Gasteiger partial charge < -0.3 is 9.80 Å². The van der Waals surface area contributed by atoms with Crippen molar-refractivity contribution in [3.63, 3.8) is 0 Å². The molecular weight excluding hydrogens is 541 g/mol. The maximum atomic E-state index is 2.41. The summed E-state index contributed by atoms with van der Waals surface area (Å²) >= 11 is 1.85. The average molecular weight is 567 g/mol. The molecule has 0 saturated carbocycles. The summed E-state index contributed by atoms with van der Waals surface area (Å²) in [7, 11) is 0. The zero-order valence-electron chi connectivity index (χ0n) is 23.3. The standard InChI is InChI=1S/C40H26N2S/c1-2-12-28(13-3-1)41(31-24-25-39-35(26-31)33-15-5-7-19-38(33)43-39)29-20-22-30(23-21-29)42-36-17-6-4-14-32(36)34-16-8-10-27-11-9-18-37(42)40(27)34/h1-26H. The molecule has 43 heavy (non-hydrogen) atoms. The summed E-state index contributed by atoms with van der Waals surface area (Å²) in [5, 5.41) is 5.17. The molecule has 3 heteroatoms. The zero-order chi connectivity index (χ0) is 28.3. The van der Waals surface area contributed by atoms with Gasteiger partial charge in [0.2, 0.25) is 0 Å². The number of benzene rings is 7. The Morgan fingerprint density at radius 1 is 0.442 bits per heavy atom. The van der Waals surface area contributed by atoms with Crippen molar-refractivity contribution in [1.82, 2.24) is 0 Å². The second-order valence-electron chi connectivity index (χ2n) is 11.0. The van der Waals surface area contributed by atoms with Gasteiger partial charge in [0, 0.05) is 53.9 Å². The maximum Gasteiger partial charge on any atom is 0.0546 e. The van der Waals surface area contributed by atoms with Crippen LogP contribution < -0.4 is 9.80 Å². The van der Waals surface area contributed by atoms with Crippen LogP contribution in [0.5, 0.6) is 0 Å². The molecule has 1 aliphatic heterocycles. The number of anilines is 6. The van der Waals surface area contributed by atoms with Crippen LogP contribution in [0.2, 0.25) is 0 Å². The van der Waals surface area contributed by atoms with E-state index in [1.165, 1.54) is 53.4 Å². The third-order valence-corrected chi connectivity index (χ3v) is 9.71. The third kappa shape index (κ3) is 3.79. The molecule has 0 saturated heterocycles. The number of hydrogen-bond donors (Lipinski definition) is 0. The van der Waals surface area contributed by atoms with Crippen LogP contribution in [0.1, 0.15) is 0 Å². The first kappa shape index (κ1) is 24.2. The van der Waals surface area contributed by atoms with Crippen molar-refractivity contribution in [2.45, 2.75) is 0 Å². The van der Waals surface area contributed by atoms with E-state index in [9.17, 15) is 0 Å². The lowest BCUT2D eigenvalue weighted by Gasteiger charge is -2.34. The second kappa shape index (κ2) is 9.59. The number of nitrogens with zero attached hydrogens (tertiary/aromatic N) is 2. The third-order valence-electron chi connectivity index (χ3n) is 8.56. The first-order valence-electron chi connectivity index (χ1n) is 14.6. The van der Waals surface area contributed by atoms with Gasteiger partial charge in [-0.3, -0.25) is 0 Å². The molecule has 2 nitrogen and oxygen atoms in total. The van der Waals surface area contributed by atoms with Crippen LogP contribution in [0.3, 0.4) is 0 Å². The molecule has 0 unspecified atom stereocenters. The van der Waals surface area contributed by atoms with Crippen molar-refractivity contribution in [2.24, 2.45) is 0 Å². The van der Waals surface area contributed by atoms with Gasteiger partial charge >= 0.3 is 0 Å². The molecule has 0 N–H and O–H groups in total. The van der Waals surface area contributed by atoms with Crippen molar-refractivity contribution in [1.29, 1.82) is 0 Å². The van der Waals surface area contributed by atoms with Gasteiger partial charge in [-0.25, -0.2) is 0 Å². The smallest absolute Gasteiger partial charge is 0.0546 e. The molecule has 0 bridgehead atoms. The monoisotopic (exact) mass is 566 g/mol. The highest BCUT2D eigenvalue weighted by atomic mass is 32.1. The minimum Gasteiger partial charge on any atom is -0.310 e. The Bertz CT molecular complexity index is 2300. The van der Waals surface area contributed by atoms with E-state index in [-0.39, 0.29) is 0 Å². The Hall–Kier alpha value is -5.38. The molecule has 0 fully saturated rings. The molecule has 7 aromatic carbocycles. The zero-order valence-corrected chi connectivity index (χ0v) is 24.1. The molecule has 8 aromatic rings. The summed E-state index contributed by atoms with van der Waals surface area (Å²) in [6.07, 6.45) is 0. The van der Waals surface area contributed by atoms with Gasteiger partial charge in [-0.2, -0.15) is 0 Å². The molecule has 1 aromatic heterocycles. The number of fused-ring (bicyclic) bond motifs is 5. The fourth-order valence-corrected chi connectivity index (χ4v) is 7.75. The molecule has 9 rings (SSSR count). The van der Waals surface area contributed by atoms with Gasteiger partial charge in [-0.1, -0.05) is 84.9 Å². The van der Waals surface area contributed by atoms with E-state index in [0.717, 1.165) is 22.7 Å². The number of hydrogen-bond acceptors (Lipinski definition) is 3. The van der Waals surface area contributed by atoms with Crippen LogP contribution in [0, 0.1) is 0 Å². The molecule has 0 radical (unpaired) electrons. The normalized spacial score (nSPS) is 12.1. The molecule has 202 valence electrons. The minimum absolute atomic E-state index is 1.12. The van der Waals surface area contributed by atoms with Gasteiger partial charge in [0.05, 0.1) is 11.4 Å².